The zero-order valence-corrected chi connectivity index (χ0v) is 10.3. The maximum absolute atomic E-state index is 9.58. The van der Waals surface area contributed by atoms with Crippen LogP contribution in [0.5, 0.6) is 0 Å². The predicted molar refractivity (Wildman–Crippen MR) is 61.5 cm³/mol. The van der Waals surface area contributed by atoms with Gasteiger partial charge in [0.25, 0.3) is 0 Å². The van der Waals surface area contributed by atoms with Crippen LogP contribution in [0.4, 0.5) is 5.95 Å². The van der Waals surface area contributed by atoms with Gasteiger partial charge in [0, 0.05) is 23.9 Å². The molecule has 1 aliphatic rings. The third-order valence-electron chi connectivity index (χ3n) is 3.14. The Hall–Kier alpha value is -0.680. The molecule has 2 rings (SSSR count). The van der Waals surface area contributed by atoms with Crippen molar-refractivity contribution in [1.82, 2.24) is 9.97 Å². The summed E-state index contributed by atoms with van der Waals surface area (Å²) in [5.41, 5.74) is -0.101. The summed E-state index contributed by atoms with van der Waals surface area (Å²) in [5.74, 6) is 0.614. The molecule has 4 nitrogen and oxygen atoms in total. The van der Waals surface area contributed by atoms with Gasteiger partial charge < -0.3 is 10.4 Å². The fraction of sp³-hybridized carbons (Fsp3) is 0.600. The minimum atomic E-state index is -0.231. The third-order valence-corrected chi connectivity index (χ3v) is 3.55. The van der Waals surface area contributed by atoms with E-state index < -0.39 is 0 Å². The standard InChI is InChI=1S/C10H14BrN3O/c1-10(2)7(3-8(10)15)14-9-12-4-6(11)5-13-9/h4-5,7-8,15H,3H2,1-2H3,(H,12,13,14). The number of nitrogens with zero attached hydrogens (tertiary/aromatic N) is 2. The van der Waals surface area contributed by atoms with E-state index in [1.165, 1.54) is 0 Å². The molecule has 0 aromatic carbocycles. The van der Waals surface area contributed by atoms with Gasteiger partial charge in [-0.25, -0.2) is 9.97 Å². The molecule has 1 aliphatic carbocycles. The van der Waals surface area contributed by atoms with Gasteiger partial charge in [0.05, 0.1) is 10.6 Å². The second kappa shape index (κ2) is 3.72. The Balaban J connectivity index is 2.02. The average Bonchev–Trinajstić information content (AvgIpc) is 2.21. The van der Waals surface area contributed by atoms with Crippen LogP contribution in [0.15, 0.2) is 16.9 Å². The van der Waals surface area contributed by atoms with Crippen molar-refractivity contribution in [3.63, 3.8) is 0 Å². The topological polar surface area (TPSA) is 58.0 Å². The fourth-order valence-corrected chi connectivity index (χ4v) is 1.89. The Morgan fingerprint density at radius 1 is 1.47 bits per heavy atom. The molecule has 2 unspecified atom stereocenters. The number of hydrogen-bond donors (Lipinski definition) is 2. The lowest BCUT2D eigenvalue weighted by Gasteiger charge is -2.49. The monoisotopic (exact) mass is 271 g/mol. The van der Waals surface area contributed by atoms with E-state index in [0.29, 0.717) is 5.95 Å². The Morgan fingerprint density at radius 3 is 2.53 bits per heavy atom. The lowest BCUT2D eigenvalue weighted by atomic mass is 9.65. The van der Waals surface area contributed by atoms with E-state index in [0.717, 1.165) is 10.9 Å². The Kier molecular flexibility index (Phi) is 2.68. The molecule has 5 heteroatoms. The Bertz CT molecular complexity index is 352. The van der Waals surface area contributed by atoms with Crippen molar-refractivity contribution in [3.8, 4) is 0 Å². The first-order valence-electron chi connectivity index (χ1n) is 4.92. The number of hydrogen-bond acceptors (Lipinski definition) is 4. The van der Waals surface area contributed by atoms with Gasteiger partial charge in [-0.15, -0.1) is 0 Å². The molecule has 0 amide bonds. The Labute approximate surface area is 97.3 Å². The molecule has 2 atom stereocenters. The maximum atomic E-state index is 9.58. The van der Waals surface area contributed by atoms with E-state index in [1.54, 1.807) is 12.4 Å². The highest BCUT2D eigenvalue weighted by Crippen LogP contribution is 2.41. The molecule has 1 heterocycles. The third kappa shape index (κ3) is 1.99. The summed E-state index contributed by atoms with van der Waals surface area (Å²) < 4.78 is 0.862. The van der Waals surface area contributed by atoms with Gasteiger partial charge in [-0.1, -0.05) is 13.8 Å². The van der Waals surface area contributed by atoms with Crippen LogP contribution in [0.2, 0.25) is 0 Å². The summed E-state index contributed by atoms with van der Waals surface area (Å²) in [6, 6.07) is 0.244. The van der Waals surface area contributed by atoms with E-state index in [2.05, 4.69) is 31.2 Å². The number of aliphatic hydroxyl groups excluding tert-OH is 1. The number of nitrogens with one attached hydrogen (secondary N) is 1. The molecule has 1 aromatic heterocycles. The highest BCUT2D eigenvalue weighted by atomic mass is 79.9. The van der Waals surface area contributed by atoms with Crippen molar-refractivity contribution in [2.24, 2.45) is 5.41 Å². The molecule has 0 radical (unpaired) electrons. The summed E-state index contributed by atoms with van der Waals surface area (Å²) in [6.45, 7) is 4.08. The summed E-state index contributed by atoms with van der Waals surface area (Å²) in [5, 5.41) is 12.8. The number of rotatable bonds is 2. The van der Waals surface area contributed by atoms with Crippen molar-refractivity contribution < 1.29 is 5.11 Å². The zero-order valence-electron chi connectivity index (χ0n) is 8.74. The summed E-state index contributed by atoms with van der Waals surface area (Å²) in [7, 11) is 0. The molecular weight excluding hydrogens is 258 g/mol. The fourth-order valence-electron chi connectivity index (χ4n) is 1.69. The van der Waals surface area contributed by atoms with Crippen LogP contribution in [0, 0.1) is 5.41 Å². The minimum Gasteiger partial charge on any atom is -0.392 e. The molecule has 0 spiro atoms. The second-order valence-corrected chi connectivity index (χ2v) is 5.41. The van der Waals surface area contributed by atoms with E-state index in [1.807, 2.05) is 13.8 Å². The number of halogens is 1. The lowest BCUT2D eigenvalue weighted by molar-refractivity contribution is -0.0512. The number of anilines is 1. The summed E-state index contributed by atoms with van der Waals surface area (Å²) in [6.07, 6.45) is 3.94. The van der Waals surface area contributed by atoms with Gasteiger partial charge >= 0.3 is 0 Å². The van der Waals surface area contributed by atoms with Gasteiger partial charge in [0.2, 0.25) is 5.95 Å². The predicted octanol–water partition coefficient (Wildman–Crippen LogP) is 1.81. The van der Waals surface area contributed by atoms with Crippen molar-refractivity contribution in [2.75, 3.05) is 5.32 Å². The lowest BCUT2D eigenvalue weighted by Crippen LogP contribution is -2.57. The SMILES string of the molecule is CC1(C)C(O)CC1Nc1ncc(Br)cn1. The van der Waals surface area contributed by atoms with Gasteiger partial charge in [0.1, 0.15) is 0 Å². The van der Waals surface area contributed by atoms with E-state index >= 15 is 0 Å². The molecule has 0 bridgehead atoms. The largest absolute Gasteiger partial charge is 0.392 e. The van der Waals surface area contributed by atoms with Crippen molar-refractivity contribution in [2.45, 2.75) is 32.4 Å². The van der Waals surface area contributed by atoms with Crippen LogP contribution in [-0.2, 0) is 0 Å². The Morgan fingerprint density at radius 2 is 2.07 bits per heavy atom. The van der Waals surface area contributed by atoms with Gasteiger partial charge in [0.15, 0.2) is 0 Å². The molecular formula is C10H14BrN3O. The second-order valence-electron chi connectivity index (χ2n) is 4.49. The van der Waals surface area contributed by atoms with Crippen molar-refractivity contribution in [1.29, 1.82) is 0 Å². The van der Waals surface area contributed by atoms with Gasteiger partial charge in [-0.05, 0) is 22.4 Å². The van der Waals surface area contributed by atoms with E-state index in [9.17, 15) is 5.11 Å². The molecule has 0 saturated heterocycles. The van der Waals surface area contributed by atoms with Crippen LogP contribution in [0.1, 0.15) is 20.3 Å². The average molecular weight is 272 g/mol. The van der Waals surface area contributed by atoms with Crippen LogP contribution in [0.3, 0.4) is 0 Å². The minimum absolute atomic E-state index is 0.101. The highest BCUT2D eigenvalue weighted by molar-refractivity contribution is 9.10. The smallest absolute Gasteiger partial charge is 0.222 e. The molecule has 82 valence electrons. The zero-order chi connectivity index (χ0) is 11.1. The molecule has 1 saturated carbocycles. The van der Waals surface area contributed by atoms with E-state index in [-0.39, 0.29) is 17.6 Å². The van der Waals surface area contributed by atoms with Gasteiger partial charge in [-0.3, -0.25) is 0 Å². The highest BCUT2D eigenvalue weighted by Gasteiger charge is 2.47. The van der Waals surface area contributed by atoms with Crippen molar-refractivity contribution >= 4 is 21.9 Å². The maximum Gasteiger partial charge on any atom is 0.222 e. The number of aromatic nitrogens is 2. The normalized spacial score (nSPS) is 28.3. The quantitative estimate of drug-likeness (QED) is 0.862. The number of aliphatic hydroxyl groups is 1. The summed E-state index contributed by atoms with van der Waals surface area (Å²) >= 11 is 3.28. The molecule has 15 heavy (non-hydrogen) atoms. The first kappa shape index (κ1) is 10.8. The van der Waals surface area contributed by atoms with Crippen LogP contribution < -0.4 is 5.32 Å². The van der Waals surface area contributed by atoms with Crippen molar-refractivity contribution in [3.05, 3.63) is 16.9 Å². The molecule has 0 aliphatic heterocycles. The van der Waals surface area contributed by atoms with Gasteiger partial charge in [-0.2, -0.15) is 0 Å². The van der Waals surface area contributed by atoms with Crippen LogP contribution in [0.25, 0.3) is 0 Å². The molecule has 1 aromatic rings. The molecule has 1 fully saturated rings. The van der Waals surface area contributed by atoms with E-state index in [4.69, 9.17) is 0 Å². The first-order valence-corrected chi connectivity index (χ1v) is 5.71. The molecule has 2 N–H and O–H groups in total. The van der Waals surface area contributed by atoms with Crippen LogP contribution >= 0.6 is 15.9 Å². The first-order chi connectivity index (χ1) is 7.00. The van der Waals surface area contributed by atoms with Crippen LogP contribution in [-0.4, -0.2) is 27.2 Å². The summed E-state index contributed by atoms with van der Waals surface area (Å²) in [4.78, 5) is 8.28.